The summed E-state index contributed by atoms with van der Waals surface area (Å²) in [5.41, 5.74) is -0.903. The zero-order chi connectivity index (χ0) is 24.4. The maximum absolute atomic E-state index is 15.5. The lowest BCUT2D eigenvalue weighted by molar-refractivity contribution is -0.178. The van der Waals surface area contributed by atoms with Crippen LogP contribution in [0.3, 0.4) is 0 Å². The lowest BCUT2D eigenvalue weighted by Gasteiger charge is -2.61. The molecular formula is C24H24F4N2O3S. The summed E-state index contributed by atoms with van der Waals surface area (Å²) in [6.45, 7) is -0.289. The second-order valence-corrected chi connectivity index (χ2v) is 11.6. The first-order valence-electron chi connectivity index (χ1n) is 11.1. The Bertz CT molecular complexity index is 1250. The fraction of sp³-hybridized carbons (Fsp3) is 0.458. The Labute approximate surface area is 195 Å². The van der Waals surface area contributed by atoms with Gasteiger partial charge in [-0.05, 0) is 55.4 Å². The SMILES string of the molecule is CS(=O)(=O)N[C@H]1[C@@H](F)CN(C(=O)C23CC(C2)C3)[C@H]1Cc1cccc(-c2cc(F)ccc2F)c1F. The van der Waals surface area contributed by atoms with Crippen LogP contribution in [0, 0.1) is 28.8 Å². The summed E-state index contributed by atoms with van der Waals surface area (Å²) in [4.78, 5) is 14.6. The van der Waals surface area contributed by atoms with Gasteiger partial charge in [-0.3, -0.25) is 4.79 Å². The highest BCUT2D eigenvalue weighted by molar-refractivity contribution is 7.88. The summed E-state index contributed by atoms with van der Waals surface area (Å²) in [5.74, 6) is -2.09. The van der Waals surface area contributed by atoms with Crippen molar-refractivity contribution >= 4 is 15.9 Å². The smallest absolute Gasteiger partial charge is 0.229 e. The Balaban J connectivity index is 1.50. The van der Waals surface area contributed by atoms with Gasteiger partial charge in [0.15, 0.2) is 0 Å². The normalized spacial score (nSPS) is 30.1. The Morgan fingerprint density at radius 1 is 1.12 bits per heavy atom. The number of benzene rings is 2. The van der Waals surface area contributed by atoms with Crippen molar-refractivity contribution in [2.75, 3.05) is 12.8 Å². The van der Waals surface area contributed by atoms with Gasteiger partial charge in [0, 0.05) is 11.1 Å². The Morgan fingerprint density at radius 3 is 2.44 bits per heavy atom. The van der Waals surface area contributed by atoms with E-state index in [-0.39, 0.29) is 35.6 Å². The van der Waals surface area contributed by atoms with Gasteiger partial charge in [0.1, 0.15) is 23.6 Å². The van der Waals surface area contributed by atoms with E-state index in [9.17, 15) is 22.0 Å². The van der Waals surface area contributed by atoms with Crippen molar-refractivity contribution in [2.24, 2.45) is 11.3 Å². The van der Waals surface area contributed by atoms with Crippen molar-refractivity contribution in [2.45, 2.75) is 43.9 Å². The van der Waals surface area contributed by atoms with E-state index in [0.29, 0.717) is 5.92 Å². The molecule has 3 saturated carbocycles. The van der Waals surface area contributed by atoms with Gasteiger partial charge in [-0.1, -0.05) is 18.2 Å². The van der Waals surface area contributed by atoms with E-state index in [1.807, 2.05) is 0 Å². The van der Waals surface area contributed by atoms with Crippen LogP contribution in [-0.4, -0.2) is 50.3 Å². The molecule has 4 fully saturated rings. The number of rotatable bonds is 6. The number of hydrogen-bond donors (Lipinski definition) is 1. The fourth-order valence-corrected chi connectivity index (χ4v) is 6.46. The first-order valence-corrected chi connectivity index (χ1v) is 13.0. The number of carbonyl (C=O) groups is 1. The summed E-state index contributed by atoms with van der Waals surface area (Å²) in [7, 11) is -3.82. The molecule has 2 bridgehead atoms. The minimum atomic E-state index is -3.82. The van der Waals surface area contributed by atoms with E-state index in [0.717, 1.165) is 43.7 Å². The number of hydrogen-bond acceptors (Lipinski definition) is 3. The first-order chi connectivity index (χ1) is 16.0. The van der Waals surface area contributed by atoms with Gasteiger partial charge in [0.2, 0.25) is 15.9 Å². The second-order valence-electron chi connectivity index (χ2n) is 9.82. The molecule has 0 unspecified atom stereocenters. The standard InChI is InChI=1S/C24H24F4N2O3S/c1-34(32,33)29-22-19(27)12-30(23(31)24-9-13(10-24)11-24)20(22)7-14-3-2-4-16(21(14)28)17-8-15(25)5-6-18(17)26/h2-6,8,13,19-20,22,29H,7,9-12H2,1H3/t13?,19-,20-,22-,24?/m0/s1. The van der Waals surface area contributed by atoms with Crippen molar-refractivity contribution in [3.8, 4) is 11.1 Å². The Morgan fingerprint density at radius 2 is 1.82 bits per heavy atom. The molecule has 0 spiro atoms. The predicted octanol–water partition coefficient (Wildman–Crippen LogP) is 3.58. The van der Waals surface area contributed by atoms with Crippen LogP contribution in [0.15, 0.2) is 36.4 Å². The molecule has 6 rings (SSSR count). The number of sulfonamides is 1. The van der Waals surface area contributed by atoms with E-state index in [1.165, 1.54) is 23.1 Å². The predicted molar refractivity (Wildman–Crippen MR) is 117 cm³/mol. The van der Waals surface area contributed by atoms with Crippen LogP contribution in [0.2, 0.25) is 0 Å². The van der Waals surface area contributed by atoms with Crippen LogP contribution >= 0.6 is 0 Å². The van der Waals surface area contributed by atoms with Crippen LogP contribution in [0.1, 0.15) is 24.8 Å². The maximum atomic E-state index is 15.5. The van der Waals surface area contributed by atoms with E-state index in [4.69, 9.17) is 0 Å². The molecule has 2 aromatic rings. The third-order valence-electron chi connectivity index (χ3n) is 7.40. The number of carbonyl (C=O) groups excluding carboxylic acids is 1. The molecule has 0 radical (unpaired) electrons. The summed E-state index contributed by atoms with van der Waals surface area (Å²) in [5, 5.41) is 0. The summed E-state index contributed by atoms with van der Waals surface area (Å²) >= 11 is 0. The molecule has 2 aromatic carbocycles. The fourth-order valence-electron chi connectivity index (χ4n) is 5.66. The number of amides is 1. The van der Waals surface area contributed by atoms with Gasteiger partial charge < -0.3 is 4.90 Å². The van der Waals surface area contributed by atoms with Gasteiger partial charge in [-0.15, -0.1) is 0 Å². The van der Waals surface area contributed by atoms with E-state index in [1.54, 1.807) is 0 Å². The third kappa shape index (κ3) is 3.90. The summed E-state index contributed by atoms with van der Waals surface area (Å²) < 4.78 is 84.7. The van der Waals surface area contributed by atoms with Crippen LogP contribution in [0.5, 0.6) is 0 Å². The molecule has 10 heteroatoms. The molecule has 1 N–H and O–H groups in total. The molecule has 182 valence electrons. The molecule has 1 heterocycles. The van der Waals surface area contributed by atoms with Gasteiger partial charge in [0.05, 0.1) is 30.3 Å². The number of nitrogens with zero attached hydrogens (tertiary/aromatic N) is 1. The van der Waals surface area contributed by atoms with Crippen LogP contribution in [0.25, 0.3) is 11.1 Å². The van der Waals surface area contributed by atoms with Crippen molar-refractivity contribution in [3.05, 3.63) is 59.4 Å². The van der Waals surface area contributed by atoms with Gasteiger partial charge in [-0.25, -0.2) is 30.7 Å². The lowest BCUT2D eigenvalue weighted by Crippen LogP contribution is -2.62. The maximum Gasteiger partial charge on any atom is 0.229 e. The van der Waals surface area contributed by atoms with Crippen LogP contribution < -0.4 is 4.72 Å². The Hall–Kier alpha value is -2.46. The zero-order valence-corrected chi connectivity index (χ0v) is 19.2. The van der Waals surface area contributed by atoms with E-state index >= 15 is 8.78 Å². The van der Waals surface area contributed by atoms with Gasteiger partial charge >= 0.3 is 0 Å². The summed E-state index contributed by atoms with van der Waals surface area (Å²) in [6, 6.07) is 4.69. The molecule has 3 aliphatic carbocycles. The number of likely N-dealkylation sites (tertiary alicyclic amines) is 1. The third-order valence-corrected chi connectivity index (χ3v) is 8.11. The van der Waals surface area contributed by atoms with Crippen molar-refractivity contribution in [3.63, 3.8) is 0 Å². The first kappa shape index (κ1) is 23.3. The Kier molecular flexibility index (Phi) is 5.51. The molecule has 34 heavy (non-hydrogen) atoms. The lowest BCUT2D eigenvalue weighted by atomic mass is 9.44. The highest BCUT2D eigenvalue weighted by Crippen LogP contribution is 2.65. The second kappa shape index (κ2) is 8.05. The quantitative estimate of drug-likeness (QED) is 0.622. The molecular weight excluding hydrogens is 472 g/mol. The van der Waals surface area contributed by atoms with Crippen molar-refractivity contribution in [1.82, 2.24) is 9.62 Å². The minimum Gasteiger partial charge on any atom is -0.334 e. The highest BCUT2D eigenvalue weighted by Gasteiger charge is 2.64. The molecule has 3 atom stereocenters. The molecule has 1 saturated heterocycles. The molecule has 1 aliphatic heterocycles. The van der Waals surface area contributed by atoms with Gasteiger partial charge in [0.25, 0.3) is 0 Å². The molecule has 0 aromatic heterocycles. The topological polar surface area (TPSA) is 66.5 Å². The number of halogens is 4. The zero-order valence-electron chi connectivity index (χ0n) is 18.4. The highest BCUT2D eigenvalue weighted by atomic mass is 32.2. The van der Waals surface area contributed by atoms with Crippen LogP contribution in [-0.2, 0) is 21.2 Å². The van der Waals surface area contributed by atoms with Crippen molar-refractivity contribution in [1.29, 1.82) is 0 Å². The number of alkyl halides is 1. The van der Waals surface area contributed by atoms with E-state index in [2.05, 4.69) is 4.72 Å². The average molecular weight is 497 g/mol. The van der Waals surface area contributed by atoms with Gasteiger partial charge in [-0.2, -0.15) is 0 Å². The van der Waals surface area contributed by atoms with Crippen LogP contribution in [0.4, 0.5) is 17.6 Å². The minimum absolute atomic E-state index is 0.0518. The van der Waals surface area contributed by atoms with Crippen molar-refractivity contribution < 1.29 is 30.8 Å². The molecule has 1 amide bonds. The molecule has 4 aliphatic rings. The average Bonchev–Trinajstić information content (AvgIpc) is 2.97. The largest absolute Gasteiger partial charge is 0.334 e. The van der Waals surface area contributed by atoms with E-state index < -0.39 is 51.1 Å². The summed E-state index contributed by atoms with van der Waals surface area (Å²) in [6.07, 6.45) is 1.26. The monoisotopic (exact) mass is 496 g/mol. The number of nitrogens with one attached hydrogen (secondary N) is 1. The molecule has 5 nitrogen and oxygen atoms in total.